The molecule has 3 N–H and O–H groups in total. The van der Waals surface area contributed by atoms with Gasteiger partial charge in [-0.15, -0.1) is 0 Å². The molecule has 1 aromatic rings. The molecule has 0 aliphatic heterocycles. The van der Waals surface area contributed by atoms with Gasteiger partial charge in [-0.05, 0) is 43.9 Å². The Morgan fingerprint density at radius 1 is 1.28 bits per heavy atom. The third-order valence-electron chi connectivity index (χ3n) is 3.39. The molecule has 0 bridgehead atoms. The number of anilines is 1. The molecule has 1 unspecified atom stereocenters. The monoisotopic (exact) mass is 250 g/mol. The second-order valence-corrected chi connectivity index (χ2v) is 5.36. The van der Waals surface area contributed by atoms with Gasteiger partial charge in [0.05, 0.1) is 6.61 Å². The number of hydrogen-bond donors (Lipinski definition) is 2. The molecule has 0 radical (unpaired) electrons. The fourth-order valence-electron chi connectivity index (χ4n) is 1.91. The molecule has 0 saturated heterocycles. The Morgan fingerprint density at radius 3 is 2.39 bits per heavy atom. The Balaban J connectivity index is 2.42. The van der Waals surface area contributed by atoms with Crippen LogP contribution in [0.25, 0.3) is 0 Å². The highest BCUT2D eigenvalue weighted by Gasteiger charge is 2.16. The molecule has 0 amide bonds. The van der Waals surface area contributed by atoms with E-state index in [2.05, 4.69) is 43.1 Å². The molecular weight excluding hydrogens is 224 g/mol. The molecule has 1 aromatic carbocycles. The van der Waals surface area contributed by atoms with Crippen molar-refractivity contribution in [3.63, 3.8) is 0 Å². The number of aryl methyl sites for hydroxylation is 1. The smallest absolute Gasteiger partial charge is 0.0608 e. The molecule has 0 aliphatic carbocycles. The van der Waals surface area contributed by atoms with Crippen LogP contribution in [0.2, 0.25) is 0 Å². The average Bonchev–Trinajstić information content (AvgIpc) is 2.38. The van der Waals surface area contributed by atoms with Gasteiger partial charge < -0.3 is 15.7 Å². The number of aliphatic hydroxyl groups excluding tert-OH is 1. The van der Waals surface area contributed by atoms with Crippen molar-refractivity contribution in [1.29, 1.82) is 0 Å². The van der Waals surface area contributed by atoms with E-state index < -0.39 is 5.54 Å². The van der Waals surface area contributed by atoms with E-state index in [1.807, 2.05) is 6.92 Å². The Morgan fingerprint density at radius 2 is 1.89 bits per heavy atom. The van der Waals surface area contributed by atoms with Gasteiger partial charge in [0, 0.05) is 24.8 Å². The normalized spacial score (nSPS) is 14.3. The summed E-state index contributed by atoms with van der Waals surface area (Å²) < 4.78 is 0. The fraction of sp³-hybridized carbons (Fsp3) is 0.600. The van der Waals surface area contributed by atoms with Crippen molar-refractivity contribution in [2.75, 3.05) is 25.1 Å². The lowest BCUT2D eigenvalue weighted by molar-refractivity contribution is 0.199. The molecule has 1 rings (SSSR count). The summed E-state index contributed by atoms with van der Waals surface area (Å²) in [5.74, 6) is 0. The van der Waals surface area contributed by atoms with Gasteiger partial charge in [-0.1, -0.05) is 19.1 Å². The van der Waals surface area contributed by atoms with Crippen LogP contribution in [0.15, 0.2) is 24.3 Å². The van der Waals surface area contributed by atoms with Gasteiger partial charge in [0.25, 0.3) is 0 Å². The number of benzene rings is 1. The van der Waals surface area contributed by atoms with E-state index in [-0.39, 0.29) is 6.61 Å². The third-order valence-corrected chi connectivity index (χ3v) is 3.39. The van der Waals surface area contributed by atoms with E-state index in [9.17, 15) is 0 Å². The molecule has 0 fully saturated rings. The maximum Gasteiger partial charge on any atom is 0.0608 e. The van der Waals surface area contributed by atoms with Crippen LogP contribution in [0, 0.1) is 0 Å². The summed E-state index contributed by atoms with van der Waals surface area (Å²) in [5.41, 5.74) is 8.05. The first-order chi connectivity index (χ1) is 8.48. The van der Waals surface area contributed by atoms with Gasteiger partial charge in [0.1, 0.15) is 0 Å². The van der Waals surface area contributed by atoms with Crippen LogP contribution in [-0.2, 0) is 6.42 Å². The zero-order valence-electron chi connectivity index (χ0n) is 11.8. The lowest BCUT2D eigenvalue weighted by Gasteiger charge is -2.24. The van der Waals surface area contributed by atoms with Crippen molar-refractivity contribution in [3.8, 4) is 0 Å². The van der Waals surface area contributed by atoms with Crippen molar-refractivity contribution in [3.05, 3.63) is 29.8 Å². The first-order valence-electron chi connectivity index (χ1n) is 6.68. The van der Waals surface area contributed by atoms with E-state index in [4.69, 9.17) is 10.8 Å². The Bertz CT molecular complexity index is 346. The van der Waals surface area contributed by atoms with Crippen LogP contribution in [-0.4, -0.2) is 30.8 Å². The van der Waals surface area contributed by atoms with Gasteiger partial charge in [0.15, 0.2) is 0 Å². The molecule has 1 atom stereocenters. The Labute approximate surface area is 111 Å². The number of rotatable bonds is 7. The van der Waals surface area contributed by atoms with E-state index in [0.29, 0.717) is 0 Å². The van der Waals surface area contributed by atoms with Crippen LogP contribution < -0.4 is 10.6 Å². The predicted molar refractivity (Wildman–Crippen MR) is 78.0 cm³/mol. The van der Waals surface area contributed by atoms with Gasteiger partial charge in [-0.25, -0.2) is 0 Å². The van der Waals surface area contributed by atoms with Gasteiger partial charge in [0.2, 0.25) is 0 Å². The quantitative estimate of drug-likeness (QED) is 0.780. The third kappa shape index (κ3) is 4.67. The van der Waals surface area contributed by atoms with Crippen LogP contribution in [0.3, 0.4) is 0 Å². The number of nitrogens with zero attached hydrogens (tertiary/aromatic N) is 1. The summed E-state index contributed by atoms with van der Waals surface area (Å²) in [5, 5.41) is 9.10. The summed E-state index contributed by atoms with van der Waals surface area (Å²) >= 11 is 0. The Kier molecular flexibility index (Phi) is 5.63. The molecule has 18 heavy (non-hydrogen) atoms. The first kappa shape index (κ1) is 15.0. The number of nitrogens with two attached hydrogens (primary N) is 1. The maximum atomic E-state index is 9.10. The average molecular weight is 250 g/mol. The molecule has 0 spiro atoms. The molecular formula is C15H26N2O. The highest BCUT2D eigenvalue weighted by molar-refractivity contribution is 5.46. The zero-order chi connectivity index (χ0) is 13.6. The van der Waals surface area contributed by atoms with Gasteiger partial charge >= 0.3 is 0 Å². The summed E-state index contributed by atoms with van der Waals surface area (Å²) in [6.45, 7) is 5.05. The van der Waals surface area contributed by atoms with E-state index >= 15 is 0 Å². The summed E-state index contributed by atoms with van der Waals surface area (Å²) in [4.78, 5) is 2.23. The van der Waals surface area contributed by atoms with Crippen molar-refractivity contribution in [2.24, 2.45) is 5.73 Å². The van der Waals surface area contributed by atoms with E-state index in [1.54, 1.807) is 0 Å². The van der Waals surface area contributed by atoms with Crippen molar-refractivity contribution >= 4 is 5.69 Å². The SMILES string of the molecule is CCc1ccc(N(C)CCCC(C)(N)CO)cc1. The molecule has 3 nitrogen and oxygen atoms in total. The fourth-order valence-corrected chi connectivity index (χ4v) is 1.91. The van der Waals surface area contributed by atoms with Crippen LogP contribution in [0.5, 0.6) is 0 Å². The predicted octanol–water partition coefficient (Wildman–Crippen LogP) is 2.18. The maximum absolute atomic E-state index is 9.10. The number of aliphatic hydroxyl groups is 1. The summed E-state index contributed by atoms with van der Waals surface area (Å²) in [6, 6.07) is 8.66. The number of hydrogen-bond acceptors (Lipinski definition) is 3. The highest BCUT2D eigenvalue weighted by Crippen LogP contribution is 2.16. The second-order valence-electron chi connectivity index (χ2n) is 5.36. The largest absolute Gasteiger partial charge is 0.394 e. The van der Waals surface area contributed by atoms with Crippen molar-refractivity contribution in [1.82, 2.24) is 0 Å². The minimum absolute atomic E-state index is 0.0436. The second kappa shape index (κ2) is 6.76. The zero-order valence-corrected chi connectivity index (χ0v) is 11.8. The molecule has 0 saturated carbocycles. The molecule has 0 aromatic heterocycles. The topological polar surface area (TPSA) is 49.5 Å². The van der Waals surface area contributed by atoms with Crippen LogP contribution in [0.4, 0.5) is 5.69 Å². The van der Waals surface area contributed by atoms with Crippen LogP contribution >= 0.6 is 0 Å². The van der Waals surface area contributed by atoms with Crippen molar-refractivity contribution in [2.45, 2.75) is 38.6 Å². The van der Waals surface area contributed by atoms with Gasteiger partial charge in [-0.3, -0.25) is 0 Å². The minimum Gasteiger partial charge on any atom is -0.394 e. The molecule has 0 aliphatic rings. The van der Waals surface area contributed by atoms with Crippen molar-refractivity contribution < 1.29 is 5.11 Å². The molecule has 102 valence electrons. The van der Waals surface area contributed by atoms with Crippen LogP contribution in [0.1, 0.15) is 32.3 Å². The van der Waals surface area contributed by atoms with Gasteiger partial charge in [-0.2, -0.15) is 0 Å². The van der Waals surface area contributed by atoms with E-state index in [1.165, 1.54) is 11.3 Å². The van der Waals surface area contributed by atoms with E-state index in [0.717, 1.165) is 25.8 Å². The summed E-state index contributed by atoms with van der Waals surface area (Å²) in [6.07, 6.45) is 2.90. The summed E-state index contributed by atoms with van der Waals surface area (Å²) in [7, 11) is 2.09. The Hall–Kier alpha value is -1.06. The molecule has 0 heterocycles. The standard InChI is InChI=1S/C15H26N2O/c1-4-13-6-8-14(9-7-13)17(3)11-5-10-15(2,16)12-18/h6-9,18H,4-5,10-12,16H2,1-3H3. The minimum atomic E-state index is -0.451. The lowest BCUT2D eigenvalue weighted by Crippen LogP contribution is -2.40. The first-order valence-corrected chi connectivity index (χ1v) is 6.68. The molecule has 3 heteroatoms. The highest BCUT2D eigenvalue weighted by atomic mass is 16.3. The lowest BCUT2D eigenvalue weighted by atomic mass is 9.98.